The van der Waals surface area contributed by atoms with Gasteiger partial charge in [-0.15, -0.1) is 0 Å². The highest BCUT2D eigenvalue weighted by molar-refractivity contribution is 5.96. The highest BCUT2D eigenvalue weighted by Gasteiger charge is 2.35. The van der Waals surface area contributed by atoms with E-state index in [0.29, 0.717) is 54.8 Å². The van der Waals surface area contributed by atoms with Gasteiger partial charge in [-0.3, -0.25) is 9.59 Å². The molecule has 152 valence electrons. The maximum absolute atomic E-state index is 12.5. The van der Waals surface area contributed by atoms with Crippen molar-refractivity contribution in [3.63, 3.8) is 0 Å². The first-order valence-electron chi connectivity index (χ1n) is 10.7. The Hall–Kier alpha value is -2.18. The summed E-state index contributed by atoms with van der Waals surface area (Å²) in [6, 6.07) is 0.450. The van der Waals surface area contributed by atoms with E-state index in [4.69, 9.17) is 4.98 Å². The third-order valence-electron chi connectivity index (χ3n) is 6.08. The van der Waals surface area contributed by atoms with E-state index in [9.17, 15) is 9.59 Å². The Bertz CT molecular complexity index is 757. The minimum absolute atomic E-state index is 0.111. The van der Waals surface area contributed by atoms with Crippen molar-refractivity contribution in [3.8, 4) is 0 Å². The summed E-state index contributed by atoms with van der Waals surface area (Å²) in [6.07, 6.45) is 6.88. The fraction of sp³-hybridized carbons (Fsp3) is 0.714. The summed E-state index contributed by atoms with van der Waals surface area (Å²) in [5.41, 5.74) is 1.42. The van der Waals surface area contributed by atoms with Crippen LogP contribution in [-0.2, 0) is 17.6 Å². The van der Waals surface area contributed by atoms with Gasteiger partial charge >= 0.3 is 0 Å². The van der Waals surface area contributed by atoms with Crippen LogP contribution in [-0.4, -0.2) is 52.4 Å². The number of nitrogens with zero attached hydrogens (tertiary/aromatic N) is 3. The zero-order valence-corrected chi connectivity index (χ0v) is 17.0. The zero-order valence-electron chi connectivity index (χ0n) is 17.0. The van der Waals surface area contributed by atoms with E-state index in [1.54, 1.807) is 0 Å². The number of rotatable bonds is 6. The highest BCUT2D eigenvalue weighted by Crippen LogP contribution is 2.30. The van der Waals surface area contributed by atoms with Crippen LogP contribution in [0.5, 0.6) is 0 Å². The van der Waals surface area contributed by atoms with E-state index in [2.05, 4.69) is 34.4 Å². The van der Waals surface area contributed by atoms with Gasteiger partial charge < -0.3 is 15.5 Å². The van der Waals surface area contributed by atoms with Crippen molar-refractivity contribution in [2.24, 2.45) is 11.8 Å². The Morgan fingerprint density at radius 3 is 2.75 bits per heavy atom. The molecule has 1 aromatic rings. The van der Waals surface area contributed by atoms with Gasteiger partial charge in [0.05, 0.1) is 0 Å². The average molecular weight is 386 g/mol. The van der Waals surface area contributed by atoms with Crippen LogP contribution in [0, 0.1) is 11.8 Å². The molecule has 1 atom stereocenters. The smallest absolute Gasteiger partial charge is 0.270 e. The number of hydrogen-bond donors (Lipinski definition) is 2. The van der Waals surface area contributed by atoms with Gasteiger partial charge in [-0.2, -0.15) is 0 Å². The molecule has 0 radical (unpaired) electrons. The molecule has 2 amide bonds. The second kappa shape index (κ2) is 8.05. The molecule has 1 unspecified atom stereocenters. The quantitative estimate of drug-likeness (QED) is 0.784. The van der Waals surface area contributed by atoms with Gasteiger partial charge in [-0.05, 0) is 25.2 Å². The van der Waals surface area contributed by atoms with Crippen LogP contribution in [0.15, 0.2) is 0 Å². The van der Waals surface area contributed by atoms with E-state index in [-0.39, 0.29) is 5.91 Å². The fourth-order valence-corrected chi connectivity index (χ4v) is 4.70. The lowest BCUT2D eigenvalue weighted by Crippen LogP contribution is -2.35. The van der Waals surface area contributed by atoms with Crippen molar-refractivity contribution in [3.05, 3.63) is 17.1 Å². The maximum Gasteiger partial charge on any atom is 0.270 e. The van der Waals surface area contributed by atoms with Crippen molar-refractivity contribution in [2.45, 2.75) is 64.8 Å². The van der Waals surface area contributed by atoms with Gasteiger partial charge in [0.2, 0.25) is 5.91 Å². The summed E-state index contributed by atoms with van der Waals surface area (Å²) >= 11 is 0. The van der Waals surface area contributed by atoms with Gasteiger partial charge in [0, 0.05) is 50.0 Å². The molecular formula is C21H31N5O2. The van der Waals surface area contributed by atoms with E-state index in [1.165, 1.54) is 12.8 Å². The molecule has 3 heterocycles. The molecular weight excluding hydrogens is 354 g/mol. The largest absolute Gasteiger partial charge is 0.369 e. The second-order valence-electron chi connectivity index (χ2n) is 8.85. The molecule has 1 aliphatic carbocycles. The number of fused-ring (bicyclic) bond motifs is 1. The fourth-order valence-electron chi connectivity index (χ4n) is 4.70. The first-order chi connectivity index (χ1) is 13.5. The van der Waals surface area contributed by atoms with Crippen LogP contribution in [0.25, 0.3) is 0 Å². The normalized spacial score (nSPS) is 22.7. The molecule has 0 aromatic carbocycles. The molecule has 28 heavy (non-hydrogen) atoms. The Morgan fingerprint density at radius 1 is 1.21 bits per heavy atom. The monoisotopic (exact) mass is 385 g/mol. The molecule has 0 bridgehead atoms. The van der Waals surface area contributed by atoms with Crippen LogP contribution in [0.1, 0.15) is 67.8 Å². The van der Waals surface area contributed by atoms with Crippen molar-refractivity contribution in [1.29, 1.82) is 0 Å². The topological polar surface area (TPSA) is 87.2 Å². The SMILES string of the molecule is CC(C)Cc1nc(NCC2CC(=O)N(C3CCCC3)C2)c2c(n1)C(=O)NCC2. The summed E-state index contributed by atoms with van der Waals surface area (Å²) in [6.45, 7) is 6.41. The maximum atomic E-state index is 12.5. The van der Waals surface area contributed by atoms with Gasteiger partial charge in [0.15, 0.2) is 0 Å². The number of aromatic nitrogens is 2. The molecule has 1 saturated heterocycles. The molecule has 4 rings (SSSR count). The van der Waals surface area contributed by atoms with Crippen LogP contribution >= 0.6 is 0 Å². The third kappa shape index (κ3) is 3.98. The van der Waals surface area contributed by atoms with Crippen LogP contribution in [0.2, 0.25) is 0 Å². The zero-order chi connectivity index (χ0) is 19.7. The first kappa shape index (κ1) is 19.2. The molecule has 7 heteroatoms. The second-order valence-corrected chi connectivity index (χ2v) is 8.85. The van der Waals surface area contributed by atoms with Gasteiger partial charge in [0.1, 0.15) is 17.3 Å². The van der Waals surface area contributed by atoms with Crippen molar-refractivity contribution >= 4 is 17.6 Å². The van der Waals surface area contributed by atoms with Crippen molar-refractivity contribution < 1.29 is 9.59 Å². The molecule has 2 fully saturated rings. The summed E-state index contributed by atoms with van der Waals surface area (Å²) < 4.78 is 0. The third-order valence-corrected chi connectivity index (χ3v) is 6.08. The lowest BCUT2D eigenvalue weighted by Gasteiger charge is -2.24. The van der Waals surface area contributed by atoms with E-state index >= 15 is 0 Å². The Kier molecular flexibility index (Phi) is 5.51. The summed E-state index contributed by atoms with van der Waals surface area (Å²) in [4.78, 5) is 36.1. The Morgan fingerprint density at radius 2 is 2.00 bits per heavy atom. The number of anilines is 1. The average Bonchev–Trinajstić information content (AvgIpc) is 3.29. The molecule has 2 aliphatic heterocycles. The number of carbonyl (C=O) groups is 2. The number of nitrogens with one attached hydrogen (secondary N) is 2. The minimum Gasteiger partial charge on any atom is -0.369 e. The highest BCUT2D eigenvalue weighted by atomic mass is 16.2. The predicted molar refractivity (Wildman–Crippen MR) is 107 cm³/mol. The Balaban J connectivity index is 1.47. The summed E-state index contributed by atoms with van der Waals surface area (Å²) in [7, 11) is 0. The minimum atomic E-state index is -0.111. The van der Waals surface area contributed by atoms with Gasteiger partial charge in [-0.1, -0.05) is 26.7 Å². The van der Waals surface area contributed by atoms with Crippen LogP contribution in [0.4, 0.5) is 5.82 Å². The van der Waals surface area contributed by atoms with Crippen molar-refractivity contribution in [2.75, 3.05) is 25.0 Å². The Labute approximate surface area is 166 Å². The standard InChI is InChI=1S/C21H31N5O2/c1-13(2)9-17-24-19-16(7-8-22-21(19)28)20(25-17)23-11-14-10-18(27)26(12-14)15-5-3-4-6-15/h13-15H,3-12H2,1-2H3,(H,22,28)(H,23,24,25). The molecule has 7 nitrogen and oxygen atoms in total. The van der Waals surface area contributed by atoms with Crippen molar-refractivity contribution in [1.82, 2.24) is 20.2 Å². The molecule has 1 aromatic heterocycles. The molecule has 3 aliphatic rings. The molecule has 0 spiro atoms. The van der Waals surface area contributed by atoms with Gasteiger partial charge in [0.25, 0.3) is 5.91 Å². The molecule has 1 saturated carbocycles. The van der Waals surface area contributed by atoms with E-state index in [0.717, 1.165) is 43.6 Å². The number of carbonyl (C=O) groups excluding carboxylic acids is 2. The summed E-state index contributed by atoms with van der Waals surface area (Å²) in [5.74, 6) is 2.39. The lowest BCUT2D eigenvalue weighted by molar-refractivity contribution is -0.129. The summed E-state index contributed by atoms with van der Waals surface area (Å²) in [5, 5.41) is 6.35. The van der Waals surface area contributed by atoms with E-state index < -0.39 is 0 Å². The van der Waals surface area contributed by atoms with Gasteiger partial charge in [-0.25, -0.2) is 9.97 Å². The first-order valence-corrected chi connectivity index (χ1v) is 10.7. The number of likely N-dealkylation sites (tertiary alicyclic amines) is 1. The lowest BCUT2D eigenvalue weighted by atomic mass is 10.0. The van der Waals surface area contributed by atoms with Crippen LogP contribution < -0.4 is 10.6 Å². The predicted octanol–water partition coefficient (Wildman–Crippen LogP) is 2.16. The van der Waals surface area contributed by atoms with Crippen LogP contribution in [0.3, 0.4) is 0 Å². The van der Waals surface area contributed by atoms with E-state index in [1.807, 2.05) is 0 Å². The molecule has 2 N–H and O–H groups in total. The number of amides is 2. The number of hydrogen-bond acceptors (Lipinski definition) is 5.